The van der Waals surface area contributed by atoms with E-state index in [0.717, 1.165) is 22.3 Å². The predicted molar refractivity (Wildman–Crippen MR) is 242 cm³/mol. The van der Waals surface area contributed by atoms with E-state index in [9.17, 15) is 0 Å². The lowest BCUT2D eigenvalue weighted by atomic mass is 9.67. The molecule has 1 nitrogen and oxygen atoms in total. The molecule has 1 heterocycles. The number of hydrogen-bond acceptors (Lipinski definition) is 1. The highest BCUT2D eigenvalue weighted by atomic mass is 16.3. The Morgan fingerprint density at radius 2 is 0.810 bits per heavy atom. The normalized spacial score (nSPS) is 13.0. The molecule has 10 aromatic carbocycles. The Balaban J connectivity index is 1.11. The zero-order chi connectivity index (χ0) is 38.2. The van der Waals surface area contributed by atoms with E-state index in [1.165, 1.54) is 88.0 Å². The van der Waals surface area contributed by atoms with Gasteiger partial charge in [0.25, 0.3) is 0 Å². The molecule has 270 valence electrons. The lowest BCUT2D eigenvalue weighted by Gasteiger charge is -2.33. The minimum absolute atomic E-state index is 0.590. The third-order valence-electron chi connectivity index (χ3n) is 12.5. The second-order valence-corrected chi connectivity index (χ2v) is 15.5. The van der Waals surface area contributed by atoms with E-state index in [4.69, 9.17) is 4.42 Å². The minimum atomic E-state index is -0.590. The Labute approximate surface area is 337 Å². The average molecular weight is 737 g/mol. The van der Waals surface area contributed by atoms with Gasteiger partial charge < -0.3 is 4.42 Å². The van der Waals surface area contributed by atoms with E-state index in [1.54, 1.807) is 0 Å². The van der Waals surface area contributed by atoms with Crippen LogP contribution in [0.25, 0.3) is 88.0 Å². The van der Waals surface area contributed by atoms with Gasteiger partial charge in [0.15, 0.2) is 0 Å². The summed E-state index contributed by atoms with van der Waals surface area (Å²) in [4.78, 5) is 0. The van der Waals surface area contributed by atoms with Gasteiger partial charge in [0, 0.05) is 16.5 Å². The van der Waals surface area contributed by atoms with E-state index < -0.39 is 5.41 Å². The molecule has 12 rings (SSSR count). The van der Waals surface area contributed by atoms with Crippen molar-refractivity contribution in [3.8, 4) is 44.7 Å². The lowest BCUT2D eigenvalue weighted by molar-refractivity contribution is 0.628. The van der Waals surface area contributed by atoms with E-state index >= 15 is 0 Å². The molecule has 0 saturated carbocycles. The number of para-hydroxylation sites is 1. The summed E-state index contributed by atoms with van der Waals surface area (Å²) in [5.74, 6) is 0.951. The third kappa shape index (κ3) is 4.65. The quantitative estimate of drug-likeness (QED) is 0.160. The van der Waals surface area contributed by atoms with Gasteiger partial charge in [-0.15, -0.1) is 0 Å². The fourth-order valence-electron chi connectivity index (χ4n) is 10.1. The summed E-state index contributed by atoms with van der Waals surface area (Å²) in [5.41, 5.74) is 13.7. The molecule has 0 amide bonds. The Hall–Kier alpha value is -7.48. The lowest BCUT2D eigenvalue weighted by Crippen LogP contribution is -2.28. The Morgan fingerprint density at radius 1 is 0.328 bits per heavy atom. The molecular formula is C57H36O. The largest absolute Gasteiger partial charge is 0.456 e. The molecule has 58 heavy (non-hydrogen) atoms. The smallest absolute Gasteiger partial charge is 0.140 e. The number of furan rings is 1. The van der Waals surface area contributed by atoms with Crippen molar-refractivity contribution in [1.82, 2.24) is 0 Å². The van der Waals surface area contributed by atoms with Gasteiger partial charge >= 0.3 is 0 Å². The molecule has 0 aliphatic heterocycles. The van der Waals surface area contributed by atoms with Crippen LogP contribution in [0.2, 0.25) is 0 Å². The van der Waals surface area contributed by atoms with Crippen LogP contribution in [-0.4, -0.2) is 0 Å². The van der Waals surface area contributed by atoms with Crippen LogP contribution in [0.4, 0.5) is 0 Å². The van der Waals surface area contributed by atoms with Crippen molar-refractivity contribution < 1.29 is 4.42 Å². The van der Waals surface area contributed by atoms with Crippen LogP contribution in [0, 0.1) is 0 Å². The summed E-state index contributed by atoms with van der Waals surface area (Å²) in [5, 5.41) is 8.63. The maximum atomic E-state index is 6.84. The number of benzene rings is 10. The van der Waals surface area contributed by atoms with Crippen molar-refractivity contribution in [2.45, 2.75) is 5.41 Å². The molecule has 1 aliphatic rings. The van der Waals surface area contributed by atoms with E-state index in [0.29, 0.717) is 0 Å². The molecule has 0 atom stereocenters. The molecule has 0 radical (unpaired) electrons. The van der Waals surface area contributed by atoms with E-state index in [-0.39, 0.29) is 0 Å². The second kappa shape index (κ2) is 12.8. The first-order valence-electron chi connectivity index (χ1n) is 20.1. The predicted octanol–water partition coefficient (Wildman–Crippen LogP) is 15.3. The summed E-state index contributed by atoms with van der Waals surface area (Å²) < 4.78 is 6.84. The van der Waals surface area contributed by atoms with Gasteiger partial charge in [-0.2, -0.15) is 0 Å². The first-order chi connectivity index (χ1) is 28.8. The standard InChI is InChI=1S/C57H36O/c1-3-18-41(19-4-1)57(42-20-5-2-6-21-42)51-36-40(34-35-49(51)56-55(57)50-27-13-14-29-52(50)58-56)54-47-25-11-9-23-45(47)53(46-24-10-12-26-48(46)54)39-32-30-38(31-33-39)44-28-15-17-37-16-7-8-22-43(37)44/h1-36H. The Kier molecular flexibility index (Phi) is 7.21. The summed E-state index contributed by atoms with van der Waals surface area (Å²) in [6.07, 6.45) is 0. The van der Waals surface area contributed by atoms with Gasteiger partial charge in [-0.1, -0.05) is 206 Å². The fourth-order valence-corrected chi connectivity index (χ4v) is 10.1. The molecule has 1 aliphatic carbocycles. The number of hydrogen-bond donors (Lipinski definition) is 0. The van der Waals surface area contributed by atoms with Crippen LogP contribution in [-0.2, 0) is 5.41 Å². The van der Waals surface area contributed by atoms with Crippen molar-refractivity contribution in [3.05, 3.63) is 241 Å². The van der Waals surface area contributed by atoms with E-state index in [1.807, 2.05) is 0 Å². The van der Waals surface area contributed by atoms with Crippen molar-refractivity contribution >= 4 is 43.3 Å². The zero-order valence-corrected chi connectivity index (χ0v) is 31.7. The van der Waals surface area contributed by atoms with Crippen molar-refractivity contribution in [3.63, 3.8) is 0 Å². The van der Waals surface area contributed by atoms with Crippen molar-refractivity contribution in [2.75, 3.05) is 0 Å². The first kappa shape index (κ1) is 32.7. The Morgan fingerprint density at radius 3 is 1.45 bits per heavy atom. The highest BCUT2D eigenvalue weighted by molar-refractivity contribution is 6.21. The summed E-state index contributed by atoms with van der Waals surface area (Å²) in [7, 11) is 0. The molecule has 1 aromatic heterocycles. The Bertz CT molecular complexity index is 3270. The molecule has 0 saturated heterocycles. The van der Waals surface area contributed by atoms with Gasteiger partial charge in [-0.05, 0) is 94.5 Å². The minimum Gasteiger partial charge on any atom is -0.456 e. The second-order valence-electron chi connectivity index (χ2n) is 15.5. The van der Waals surface area contributed by atoms with Gasteiger partial charge in [-0.3, -0.25) is 0 Å². The fraction of sp³-hybridized carbons (Fsp3) is 0.0175. The van der Waals surface area contributed by atoms with Gasteiger partial charge in [-0.25, -0.2) is 0 Å². The number of rotatable bonds is 5. The van der Waals surface area contributed by atoms with Crippen LogP contribution in [0.3, 0.4) is 0 Å². The van der Waals surface area contributed by atoms with Gasteiger partial charge in [0.05, 0.1) is 5.41 Å². The highest BCUT2D eigenvalue weighted by Gasteiger charge is 2.49. The summed E-state index contributed by atoms with van der Waals surface area (Å²) >= 11 is 0. The average Bonchev–Trinajstić information content (AvgIpc) is 3.82. The van der Waals surface area contributed by atoms with Gasteiger partial charge in [0.1, 0.15) is 11.3 Å². The summed E-state index contributed by atoms with van der Waals surface area (Å²) in [6.45, 7) is 0. The van der Waals surface area contributed by atoms with Gasteiger partial charge in [0.2, 0.25) is 0 Å². The third-order valence-corrected chi connectivity index (χ3v) is 12.5. The van der Waals surface area contributed by atoms with Crippen LogP contribution >= 0.6 is 0 Å². The molecule has 0 fully saturated rings. The maximum absolute atomic E-state index is 6.84. The zero-order valence-electron chi connectivity index (χ0n) is 31.7. The SMILES string of the molecule is c1ccc(C2(c3ccccc3)c3cc(-c4c5ccccc5c(-c5ccc(-c6cccc7ccccc67)cc5)c5ccccc45)ccc3-c3oc4ccccc4c32)cc1. The highest BCUT2D eigenvalue weighted by Crippen LogP contribution is 2.60. The van der Waals surface area contributed by atoms with Crippen LogP contribution < -0.4 is 0 Å². The van der Waals surface area contributed by atoms with Crippen LogP contribution in [0.15, 0.2) is 223 Å². The first-order valence-corrected chi connectivity index (χ1v) is 20.1. The van der Waals surface area contributed by atoms with E-state index in [2.05, 4.69) is 218 Å². The topological polar surface area (TPSA) is 13.1 Å². The molecule has 0 N–H and O–H groups in total. The molecule has 0 unspecified atom stereocenters. The van der Waals surface area contributed by atoms with Crippen molar-refractivity contribution in [1.29, 1.82) is 0 Å². The maximum Gasteiger partial charge on any atom is 0.140 e. The summed E-state index contributed by atoms with van der Waals surface area (Å²) in [6, 6.07) is 79.9. The van der Waals surface area contributed by atoms with Crippen LogP contribution in [0.1, 0.15) is 22.3 Å². The molecule has 0 bridgehead atoms. The molecule has 1 heteroatoms. The monoisotopic (exact) mass is 736 g/mol. The molecule has 11 aromatic rings. The molecule has 0 spiro atoms. The van der Waals surface area contributed by atoms with Crippen LogP contribution in [0.5, 0.6) is 0 Å². The molecular weight excluding hydrogens is 701 g/mol. The van der Waals surface area contributed by atoms with Crippen molar-refractivity contribution in [2.24, 2.45) is 0 Å². The number of fused-ring (bicyclic) bond motifs is 8.